The van der Waals surface area contributed by atoms with Crippen molar-refractivity contribution >= 4 is 11.9 Å². The summed E-state index contributed by atoms with van der Waals surface area (Å²) in [6, 6.07) is 6.70. The van der Waals surface area contributed by atoms with Gasteiger partial charge in [0.25, 0.3) is 5.91 Å². The number of carbonyl (C=O) groups excluding carboxylic acids is 1. The molecule has 1 saturated heterocycles. The summed E-state index contributed by atoms with van der Waals surface area (Å²) in [5, 5.41) is 9.17. The number of hydrogen-bond acceptors (Lipinski definition) is 3. The largest absolute Gasteiger partial charge is 0.478 e. The van der Waals surface area contributed by atoms with E-state index in [0.29, 0.717) is 25.0 Å². The van der Waals surface area contributed by atoms with E-state index in [-0.39, 0.29) is 17.0 Å². The number of likely N-dealkylation sites (tertiary alicyclic amines) is 1. The van der Waals surface area contributed by atoms with E-state index in [0.717, 1.165) is 0 Å². The molecule has 20 heavy (non-hydrogen) atoms. The van der Waals surface area contributed by atoms with E-state index in [1.54, 1.807) is 23.1 Å². The Morgan fingerprint density at radius 3 is 2.30 bits per heavy atom. The second-order valence-electron chi connectivity index (χ2n) is 5.57. The lowest BCUT2D eigenvalue weighted by Crippen LogP contribution is -2.36. The predicted molar refractivity (Wildman–Crippen MR) is 75.9 cm³/mol. The van der Waals surface area contributed by atoms with E-state index >= 15 is 0 Å². The quantitative estimate of drug-likeness (QED) is 0.906. The lowest BCUT2D eigenvalue weighted by atomic mass is 10.1. The molecule has 1 aromatic rings. The van der Waals surface area contributed by atoms with Gasteiger partial charge < -0.3 is 14.9 Å². The van der Waals surface area contributed by atoms with Gasteiger partial charge in [-0.25, -0.2) is 4.79 Å². The van der Waals surface area contributed by atoms with Crippen LogP contribution in [-0.4, -0.2) is 60.0 Å². The minimum Gasteiger partial charge on any atom is -0.478 e. The van der Waals surface area contributed by atoms with E-state index in [4.69, 9.17) is 0 Å². The van der Waals surface area contributed by atoms with Crippen LogP contribution in [0, 0.1) is 5.92 Å². The van der Waals surface area contributed by atoms with Crippen LogP contribution in [0.5, 0.6) is 0 Å². The van der Waals surface area contributed by atoms with Crippen LogP contribution in [0.15, 0.2) is 24.3 Å². The normalized spacial score (nSPS) is 22.3. The summed E-state index contributed by atoms with van der Waals surface area (Å²) >= 11 is 0. The smallest absolute Gasteiger partial charge is 0.336 e. The van der Waals surface area contributed by atoms with Gasteiger partial charge in [-0.3, -0.25) is 4.79 Å². The number of amides is 1. The highest BCUT2D eigenvalue weighted by Crippen LogP contribution is 2.23. The first kappa shape index (κ1) is 14.5. The van der Waals surface area contributed by atoms with Crippen molar-refractivity contribution in [2.45, 2.75) is 13.0 Å². The molecule has 2 rings (SSSR count). The van der Waals surface area contributed by atoms with Crippen molar-refractivity contribution in [2.75, 3.05) is 27.2 Å². The third kappa shape index (κ3) is 2.67. The molecule has 1 amide bonds. The summed E-state index contributed by atoms with van der Waals surface area (Å²) in [6.07, 6.45) is 0. The van der Waals surface area contributed by atoms with Gasteiger partial charge in [0, 0.05) is 19.1 Å². The topological polar surface area (TPSA) is 60.9 Å². The van der Waals surface area contributed by atoms with Crippen molar-refractivity contribution < 1.29 is 14.7 Å². The van der Waals surface area contributed by atoms with Crippen molar-refractivity contribution in [3.63, 3.8) is 0 Å². The van der Waals surface area contributed by atoms with E-state index in [9.17, 15) is 14.7 Å². The molecule has 1 aromatic carbocycles. The molecule has 0 radical (unpaired) electrons. The maximum atomic E-state index is 12.5. The van der Waals surface area contributed by atoms with Crippen molar-refractivity contribution in [1.82, 2.24) is 9.80 Å². The number of hydrogen-bond donors (Lipinski definition) is 1. The second-order valence-corrected chi connectivity index (χ2v) is 5.57. The zero-order valence-electron chi connectivity index (χ0n) is 12.0. The number of carboxylic acid groups (broad SMARTS) is 1. The summed E-state index contributed by atoms with van der Waals surface area (Å²) in [7, 11) is 4.00. The van der Waals surface area contributed by atoms with Gasteiger partial charge in [0.05, 0.1) is 11.1 Å². The van der Waals surface area contributed by atoms with Crippen LogP contribution in [0.25, 0.3) is 0 Å². The second kappa shape index (κ2) is 5.63. The average molecular weight is 276 g/mol. The summed E-state index contributed by atoms with van der Waals surface area (Å²) in [6.45, 7) is 3.41. The maximum Gasteiger partial charge on any atom is 0.336 e. The molecular weight excluding hydrogens is 256 g/mol. The molecule has 0 aromatic heterocycles. The molecule has 108 valence electrons. The van der Waals surface area contributed by atoms with Gasteiger partial charge in [0.1, 0.15) is 0 Å². The molecular formula is C15H20N2O3. The van der Waals surface area contributed by atoms with Crippen molar-refractivity contribution in [2.24, 2.45) is 5.92 Å². The molecule has 1 heterocycles. The Morgan fingerprint density at radius 1 is 1.20 bits per heavy atom. The van der Waals surface area contributed by atoms with Gasteiger partial charge in [-0.2, -0.15) is 0 Å². The maximum absolute atomic E-state index is 12.5. The number of carboxylic acids is 1. The standard InChI is InChI=1S/C15H20N2O3/c1-10-8-17(9-13(10)16(2)3)14(18)11-6-4-5-7-12(11)15(19)20/h4-7,10,13H,8-9H2,1-3H3,(H,19,20). The molecule has 2 unspecified atom stereocenters. The zero-order valence-corrected chi connectivity index (χ0v) is 12.0. The zero-order chi connectivity index (χ0) is 14.9. The summed E-state index contributed by atoms with van der Waals surface area (Å²) in [4.78, 5) is 27.6. The molecule has 5 nitrogen and oxygen atoms in total. The first-order valence-electron chi connectivity index (χ1n) is 6.70. The monoisotopic (exact) mass is 276 g/mol. The van der Waals surface area contributed by atoms with Crippen LogP contribution >= 0.6 is 0 Å². The van der Waals surface area contributed by atoms with E-state index < -0.39 is 5.97 Å². The molecule has 0 saturated carbocycles. The first-order valence-corrected chi connectivity index (χ1v) is 6.70. The van der Waals surface area contributed by atoms with Crippen LogP contribution < -0.4 is 0 Å². The predicted octanol–water partition coefficient (Wildman–Crippen LogP) is 1.41. The van der Waals surface area contributed by atoms with Crippen LogP contribution in [0.1, 0.15) is 27.6 Å². The van der Waals surface area contributed by atoms with Gasteiger partial charge in [0.15, 0.2) is 0 Å². The molecule has 0 aliphatic carbocycles. The van der Waals surface area contributed by atoms with Gasteiger partial charge in [-0.15, -0.1) is 0 Å². The van der Waals surface area contributed by atoms with Crippen LogP contribution in [0.3, 0.4) is 0 Å². The molecule has 1 aliphatic rings. The number of likely N-dealkylation sites (N-methyl/N-ethyl adjacent to an activating group) is 1. The van der Waals surface area contributed by atoms with Gasteiger partial charge in [-0.05, 0) is 32.1 Å². The molecule has 1 fully saturated rings. The van der Waals surface area contributed by atoms with E-state index in [2.05, 4.69) is 11.8 Å². The lowest BCUT2D eigenvalue weighted by molar-refractivity contribution is 0.0680. The number of carbonyl (C=O) groups is 2. The number of rotatable bonds is 3. The van der Waals surface area contributed by atoms with Crippen LogP contribution in [-0.2, 0) is 0 Å². The van der Waals surface area contributed by atoms with Crippen LogP contribution in [0.4, 0.5) is 0 Å². The fourth-order valence-corrected chi connectivity index (χ4v) is 2.81. The molecule has 1 N–H and O–H groups in total. The van der Waals surface area contributed by atoms with Crippen molar-refractivity contribution in [1.29, 1.82) is 0 Å². The minimum atomic E-state index is -1.06. The Hall–Kier alpha value is -1.88. The Labute approximate surface area is 118 Å². The van der Waals surface area contributed by atoms with Crippen molar-refractivity contribution in [3.8, 4) is 0 Å². The molecule has 0 bridgehead atoms. The Balaban J connectivity index is 2.23. The summed E-state index contributed by atoms with van der Waals surface area (Å²) < 4.78 is 0. The highest BCUT2D eigenvalue weighted by atomic mass is 16.4. The fraction of sp³-hybridized carbons (Fsp3) is 0.467. The van der Waals surface area contributed by atoms with Gasteiger partial charge in [-0.1, -0.05) is 19.1 Å². The minimum absolute atomic E-state index is 0.0680. The molecule has 0 spiro atoms. The highest BCUT2D eigenvalue weighted by molar-refractivity contribution is 6.04. The van der Waals surface area contributed by atoms with E-state index in [1.807, 2.05) is 14.1 Å². The lowest BCUT2D eigenvalue weighted by Gasteiger charge is -2.22. The SMILES string of the molecule is CC1CN(C(=O)c2ccccc2C(=O)O)CC1N(C)C. The fourth-order valence-electron chi connectivity index (χ4n) is 2.81. The Bertz CT molecular complexity index is 528. The highest BCUT2D eigenvalue weighted by Gasteiger charge is 2.34. The molecule has 5 heteroatoms. The Morgan fingerprint density at radius 2 is 1.80 bits per heavy atom. The first-order chi connectivity index (χ1) is 9.41. The number of nitrogens with zero attached hydrogens (tertiary/aromatic N) is 2. The summed E-state index contributed by atoms with van der Waals surface area (Å²) in [5.74, 6) is -0.879. The third-order valence-electron chi connectivity index (χ3n) is 3.91. The van der Waals surface area contributed by atoms with E-state index in [1.165, 1.54) is 6.07 Å². The third-order valence-corrected chi connectivity index (χ3v) is 3.91. The number of benzene rings is 1. The Kier molecular flexibility index (Phi) is 4.09. The van der Waals surface area contributed by atoms with Crippen molar-refractivity contribution in [3.05, 3.63) is 35.4 Å². The summed E-state index contributed by atoms with van der Waals surface area (Å²) in [5.41, 5.74) is 0.338. The van der Waals surface area contributed by atoms with Gasteiger partial charge in [0.2, 0.25) is 0 Å². The average Bonchev–Trinajstić information content (AvgIpc) is 2.80. The van der Waals surface area contributed by atoms with Crippen LogP contribution in [0.2, 0.25) is 0 Å². The number of aromatic carboxylic acids is 1. The van der Waals surface area contributed by atoms with Gasteiger partial charge >= 0.3 is 5.97 Å². The molecule has 2 atom stereocenters. The molecule has 1 aliphatic heterocycles.